The standard InChI is InChI=1S/C38H44N3O12S/c1-26-12-13-32(27(2)37(26)52-38(45)36-28-8-4-6-10-30(28)40(3)31-11-7-5-9-29(31)36)54(46,47)39-17-19-49-21-23-51-25-24-50-22-20-48-18-16-35(44)53-41-33(42)14-15-34(41)43/h4-13,39H,14-25H2,1-3H3/q+1. The molecule has 5 rings (SSSR count). The van der Waals surface area contributed by atoms with Gasteiger partial charge in [0.05, 0.1) is 80.5 Å². The molecule has 3 aromatic carbocycles. The Balaban J connectivity index is 0.993. The van der Waals surface area contributed by atoms with Crippen molar-refractivity contribution < 1.29 is 60.7 Å². The minimum Gasteiger partial charge on any atom is -0.422 e. The fraction of sp³-hybridized carbons (Fsp3) is 0.395. The molecule has 1 saturated heterocycles. The second-order valence-corrected chi connectivity index (χ2v) is 14.1. The molecule has 288 valence electrons. The molecule has 0 spiro atoms. The third-order valence-corrected chi connectivity index (χ3v) is 10.2. The number of sulfonamides is 1. The molecule has 1 aliphatic rings. The summed E-state index contributed by atoms with van der Waals surface area (Å²) in [6.45, 7) is 5.14. The number of aryl methyl sites for hydroxylation is 2. The molecule has 4 aromatic rings. The minimum absolute atomic E-state index is 0.00535. The number of carbonyl (C=O) groups is 4. The van der Waals surface area contributed by atoms with Crippen LogP contribution in [0.3, 0.4) is 0 Å². The van der Waals surface area contributed by atoms with Gasteiger partial charge >= 0.3 is 11.9 Å². The molecule has 1 aliphatic heterocycles. The van der Waals surface area contributed by atoms with Crippen molar-refractivity contribution in [1.29, 1.82) is 0 Å². The van der Waals surface area contributed by atoms with E-state index < -0.39 is 33.8 Å². The summed E-state index contributed by atoms with van der Waals surface area (Å²) in [6, 6.07) is 18.2. The van der Waals surface area contributed by atoms with Crippen molar-refractivity contribution in [2.75, 3.05) is 59.4 Å². The van der Waals surface area contributed by atoms with Crippen LogP contribution in [0.4, 0.5) is 0 Å². The van der Waals surface area contributed by atoms with Crippen LogP contribution in [0.1, 0.15) is 40.7 Å². The second-order valence-electron chi connectivity index (χ2n) is 12.3. The number of hydrogen-bond acceptors (Lipinski definition) is 12. The number of imide groups is 1. The summed E-state index contributed by atoms with van der Waals surface area (Å²) >= 11 is 0. The molecule has 1 fully saturated rings. The molecule has 15 nitrogen and oxygen atoms in total. The van der Waals surface area contributed by atoms with Gasteiger partial charge in [0, 0.05) is 37.1 Å². The molecule has 1 N–H and O–H groups in total. The molecule has 54 heavy (non-hydrogen) atoms. The Labute approximate surface area is 313 Å². The van der Waals surface area contributed by atoms with Gasteiger partial charge in [-0.2, -0.15) is 4.57 Å². The molecular weight excluding hydrogens is 722 g/mol. The maximum Gasteiger partial charge on any atom is 0.345 e. The highest BCUT2D eigenvalue weighted by Gasteiger charge is 2.32. The lowest BCUT2D eigenvalue weighted by atomic mass is 10.0. The average Bonchev–Trinajstić information content (AvgIpc) is 3.47. The predicted octanol–water partition coefficient (Wildman–Crippen LogP) is 3.00. The molecule has 0 unspecified atom stereocenters. The average molecular weight is 767 g/mol. The van der Waals surface area contributed by atoms with Crippen LogP contribution in [-0.2, 0) is 55.2 Å². The SMILES string of the molecule is Cc1ccc(S(=O)(=O)NCCOCCOCCOCCOCCC(=O)ON2C(=O)CCC2=O)c(C)c1OC(=O)c1c2ccccc2[n+](C)c2ccccc12. The molecule has 1 aromatic heterocycles. The lowest BCUT2D eigenvalue weighted by Gasteiger charge is -2.16. The van der Waals surface area contributed by atoms with Gasteiger partial charge in [-0.1, -0.05) is 30.3 Å². The van der Waals surface area contributed by atoms with Crippen LogP contribution in [0.25, 0.3) is 21.8 Å². The van der Waals surface area contributed by atoms with Gasteiger partial charge in [0.2, 0.25) is 21.1 Å². The summed E-state index contributed by atoms with van der Waals surface area (Å²) in [5.41, 5.74) is 3.04. The normalized spacial score (nSPS) is 13.3. The molecule has 0 aliphatic carbocycles. The number of nitrogens with one attached hydrogen (secondary N) is 1. The first-order valence-corrected chi connectivity index (χ1v) is 19.0. The summed E-state index contributed by atoms with van der Waals surface area (Å²) < 4.78 is 58.8. The van der Waals surface area contributed by atoms with E-state index in [9.17, 15) is 27.6 Å². The Bertz CT molecular complexity index is 2050. The van der Waals surface area contributed by atoms with Gasteiger partial charge in [-0.3, -0.25) is 9.59 Å². The number of carbonyl (C=O) groups excluding carboxylic acids is 4. The van der Waals surface area contributed by atoms with E-state index in [-0.39, 0.29) is 76.1 Å². The lowest BCUT2D eigenvalue weighted by molar-refractivity contribution is -0.617. The number of nitrogens with zero attached hydrogens (tertiary/aromatic N) is 2. The van der Waals surface area contributed by atoms with E-state index in [1.54, 1.807) is 19.9 Å². The monoisotopic (exact) mass is 766 g/mol. The van der Waals surface area contributed by atoms with E-state index >= 15 is 0 Å². The Morgan fingerprint density at radius 3 is 1.83 bits per heavy atom. The van der Waals surface area contributed by atoms with Crippen LogP contribution in [-0.4, -0.2) is 96.6 Å². The number of aromatic nitrogens is 1. The number of rotatable bonds is 20. The molecule has 0 saturated carbocycles. The van der Waals surface area contributed by atoms with Gasteiger partial charge in [0.1, 0.15) is 12.8 Å². The van der Waals surface area contributed by atoms with E-state index in [1.165, 1.54) is 6.07 Å². The third-order valence-electron chi connectivity index (χ3n) is 8.61. The highest BCUT2D eigenvalue weighted by molar-refractivity contribution is 7.89. The summed E-state index contributed by atoms with van der Waals surface area (Å²) in [5.74, 6) is -2.20. The third kappa shape index (κ3) is 10.0. The molecular formula is C38H44N3O12S+. The maximum absolute atomic E-state index is 13.8. The van der Waals surface area contributed by atoms with Gasteiger partial charge in [0.15, 0.2) is 0 Å². The van der Waals surface area contributed by atoms with Crippen molar-refractivity contribution >= 4 is 55.6 Å². The maximum atomic E-state index is 13.8. The fourth-order valence-corrected chi connectivity index (χ4v) is 7.15. The lowest BCUT2D eigenvalue weighted by Crippen LogP contribution is -2.32. The van der Waals surface area contributed by atoms with Crippen molar-refractivity contribution in [2.24, 2.45) is 7.05 Å². The highest BCUT2D eigenvalue weighted by Crippen LogP contribution is 2.32. The number of ether oxygens (including phenoxy) is 5. The number of fused-ring (bicyclic) bond motifs is 2. The van der Waals surface area contributed by atoms with Gasteiger partial charge in [-0.15, -0.1) is 5.06 Å². The molecule has 0 radical (unpaired) electrons. The quantitative estimate of drug-likeness (QED) is 0.0348. The Morgan fingerprint density at radius 1 is 0.741 bits per heavy atom. The largest absolute Gasteiger partial charge is 0.422 e. The number of amides is 2. The van der Waals surface area contributed by atoms with Crippen LogP contribution in [0.15, 0.2) is 65.6 Å². The van der Waals surface area contributed by atoms with E-state index in [1.807, 2.05) is 60.1 Å². The smallest absolute Gasteiger partial charge is 0.345 e. The summed E-state index contributed by atoms with van der Waals surface area (Å²) in [7, 11) is -2.03. The Hall–Kier alpha value is -4.84. The first-order chi connectivity index (χ1) is 26.0. The number of para-hydroxylation sites is 2. The van der Waals surface area contributed by atoms with Crippen molar-refractivity contribution in [3.8, 4) is 5.75 Å². The first-order valence-electron chi connectivity index (χ1n) is 17.5. The van der Waals surface area contributed by atoms with Crippen molar-refractivity contribution in [3.63, 3.8) is 0 Å². The molecule has 0 atom stereocenters. The zero-order valence-corrected chi connectivity index (χ0v) is 31.3. The van der Waals surface area contributed by atoms with Crippen LogP contribution in [0.5, 0.6) is 5.75 Å². The molecule has 16 heteroatoms. The van der Waals surface area contributed by atoms with E-state index in [4.69, 9.17) is 28.5 Å². The first kappa shape index (κ1) is 40.3. The highest BCUT2D eigenvalue weighted by atomic mass is 32.2. The van der Waals surface area contributed by atoms with Gasteiger partial charge in [-0.05, 0) is 37.6 Å². The summed E-state index contributed by atoms with van der Waals surface area (Å²) in [6.07, 6.45) is -0.0475. The van der Waals surface area contributed by atoms with E-state index in [2.05, 4.69) is 4.72 Å². The topological polar surface area (TPSA) is 177 Å². The Morgan fingerprint density at radius 2 is 1.26 bits per heavy atom. The molecule has 2 amide bonds. The fourth-order valence-electron chi connectivity index (χ4n) is 5.90. The number of esters is 1. The van der Waals surface area contributed by atoms with Crippen LogP contribution >= 0.6 is 0 Å². The van der Waals surface area contributed by atoms with Crippen molar-refractivity contribution in [3.05, 3.63) is 77.4 Å². The van der Waals surface area contributed by atoms with Crippen molar-refractivity contribution in [2.45, 2.75) is 38.0 Å². The number of benzene rings is 3. The zero-order chi connectivity index (χ0) is 38.7. The summed E-state index contributed by atoms with van der Waals surface area (Å²) in [4.78, 5) is 53.2. The molecule has 0 bridgehead atoms. The van der Waals surface area contributed by atoms with Gasteiger partial charge in [0.25, 0.3) is 11.8 Å². The predicted molar refractivity (Wildman–Crippen MR) is 194 cm³/mol. The van der Waals surface area contributed by atoms with Crippen LogP contribution in [0.2, 0.25) is 0 Å². The minimum atomic E-state index is -3.97. The van der Waals surface area contributed by atoms with Gasteiger partial charge in [-0.25, -0.2) is 22.7 Å². The van der Waals surface area contributed by atoms with Crippen molar-refractivity contribution in [1.82, 2.24) is 9.79 Å². The number of hydrogen-bond donors (Lipinski definition) is 1. The second kappa shape index (κ2) is 19.0. The number of hydroxylamine groups is 2. The van der Waals surface area contributed by atoms with E-state index in [0.717, 1.165) is 21.8 Å². The molecule has 2 heterocycles. The number of pyridine rings is 1. The summed E-state index contributed by atoms with van der Waals surface area (Å²) in [5, 5.41) is 1.94. The van der Waals surface area contributed by atoms with E-state index in [0.29, 0.717) is 35.0 Å². The van der Waals surface area contributed by atoms with Crippen LogP contribution in [0, 0.1) is 13.8 Å². The zero-order valence-electron chi connectivity index (χ0n) is 30.5. The van der Waals surface area contributed by atoms with Gasteiger partial charge < -0.3 is 28.5 Å². The Kier molecular flexibility index (Phi) is 14.2. The van der Waals surface area contributed by atoms with Crippen LogP contribution < -0.4 is 14.0 Å².